The number of aryl methyl sites for hydroxylation is 1. The van der Waals surface area contributed by atoms with Crippen LogP contribution in [0.15, 0.2) is 53.1 Å². The van der Waals surface area contributed by atoms with E-state index in [0.717, 1.165) is 30.9 Å². The molecule has 0 unspecified atom stereocenters. The molecule has 1 saturated heterocycles. The lowest BCUT2D eigenvalue weighted by Crippen LogP contribution is -2.34. The van der Waals surface area contributed by atoms with E-state index >= 15 is 0 Å². The molecule has 0 bridgehead atoms. The van der Waals surface area contributed by atoms with E-state index in [2.05, 4.69) is 26.7 Å². The van der Waals surface area contributed by atoms with E-state index in [1.807, 2.05) is 24.3 Å². The number of carbonyl (C=O) groups is 1. The monoisotopic (exact) mass is 395 g/mol. The number of benzene rings is 1. The minimum Gasteiger partial charge on any atom is -0.497 e. The second-order valence-corrected chi connectivity index (χ2v) is 7.15. The highest BCUT2D eigenvalue weighted by Gasteiger charge is 2.23. The molecule has 1 aliphatic rings. The van der Waals surface area contributed by atoms with E-state index < -0.39 is 0 Å². The Kier molecular flexibility index (Phi) is 5.41. The normalized spacial score (nSPS) is 16.1. The van der Waals surface area contributed by atoms with Crippen LogP contribution in [-0.4, -0.2) is 42.6 Å². The van der Waals surface area contributed by atoms with Gasteiger partial charge in [0.05, 0.1) is 13.4 Å². The number of methoxy groups -OCH3 is 1. The Hall–Kier alpha value is -3.42. The van der Waals surface area contributed by atoms with E-state index in [0.29, 0.717) is 29.7 Å². The zero-order chi connectivity index (χ0) is 20.2. The topological polar surface area (TPSA) is 84.6 Å². The van der Waals surface area contributed by atoms with Gasteiger partial charge < -0.3 is 19.4 Å². The van der Waals surface area contributed by atoms with Gasteiger partial charge in [0.25, 0.3) is 0 Å². The molecule has 8 nitrogen and oxygen atoms in total. The molecule has 2 amide bonds. The zero-order valence-corrected chi connectivity index (χ0v) is 16.6. The molecule has 1 atom stereocenters. The molecule has 0 saturated carbocycles. The van der Waals surface area contributed by atoms with Crippen LogP contribution in [0.4, 0.5) is 16.3 Å². The molecule has 1 fully saturated rings. The summed E-state index contributed by atoms with van der Waals surface area (Å²) in [6.07, 6.45) is 2.63. The molecule has 1 aliphatic heterocycles. The summed E-state index contributed by atoms with van der Waals surface area (Å²) in [7, 11) is 3.46. The Balaban J connectivity index is 1.28. The predicted octanol–water partition coefficient (Wildman–Crippen LogP) is 3.34. The van der Waals surface area contributed by atoms with Gasteiger partial charge in [0.2, 0.25) is 0 Å². The van der Waals surface area contributed by atoms with E-state index in [1.165, 1.54) is 0 Å². The van der Waals surface area contributed by atoms with Crippen LogP contribution in [0.1, 0.15) is 6.42 Å². The molecular weight excluding hydrogens is 370 g/mol. The SMILES string of the molecule is COc1cccc(N2CC[C@H](CNC(=O)Nc3cc(-c4ccco4)nn3C)C2)c1. The maximum absolute atomic E-state index is 12.3. The second-order valence-electron chi connectivity index (χ2n) is 7.15. The fourth-order valence-corrected chi connectivity index (χ4v) is 3.57. The lowest BCUT2D eigenvalue weighted by Gasteiger charge is -2.19. The molecule has 0 radical (unpaired) electrons. The van der Waals surface area contributed by atoms with E-state index in [1.54, 1.807) is 37.2 Å². The molecule has 0 aliphatic carbocycles. The Bertz CT molecular complexity index is 967. The average Bonchev–Trinajstić information content (AvgIpc) is 3.48. The highest BCUT2D eigenvalue weighted by Crippen LogP contribution is 2.26. The van der Waals surface area contributed by atoms with Crippen molar-refractivity contribution in [3.05, 3.63) is 48.7 Å². The third kappa shape index (κ3) is 4.37. The molecule has 4 rings (SSSR count). The molecule has 3 heterocycles. The number of hydrogen-bond donors (Lipinski definition) is 2. The Morgan fingerprint density at radius 1 is 1.31 bits per heavy atom. The zero-order valence-electron chi connectivity index (χ0n) is 16.6. The summed E-state index contributed by atoms with van der Waals surface area (Å²) >= 11 is 0. The summed E-state index contributed by atoms with van der Waals surface area (Å²) < 4.78 is 12.3. The van der Waals surface area contributed by atoms with Gasteiger partial charge in [-0.3, -0.25) is 10.00 Å². The smallest absolute Gasteiger partial charge is 0.320 e. The minimum absolute atomic E-state index is 0.237. The second kappa shape index (κ2) is 8.30. The van der Waals surface area contributed by atoms with Crippen molar-refractivity contribution >= 4 is 17.5 Å². The van der Waals surface area contributed by atoms with Crippen molar-refractivity contribution in [1.29, 1.82) is 0 Å². The van der Waals surface area contributed by atoms with Gasteiger partial charge in [0.15, 0.2) is 5.76 Å². The van der Waals surface area contributed by atoms with Crippen molar-refractivity contribution in [2.24, 2.45) is 13.0 Å². The predicted molar refractivity (Wildman–Crippen MR) is 111 cm³/mol. The number of anilines is 2. The van der Waals surface area contributed by atoms with Gasteiger partial charge in [-0.2, -0.15) is 5.10 Å². The first kappa shape index (κ1) is 18.9. The average molecular weight is 395 g/mol. The third-order valence-corrected chi connectivity index (χ3v) is 5.15. The maximum Gasteiger partial charge on any atom is 0.320 e. The van der Waals surface area contributed by atoms with E-state index in [-0.39, 0.29) is 6.03 Å². The first-order valence-electron chi connectivity index (χ1n) is 9.64. The van der Waals surface area contributed by atoms with Crippen LogP contribution in [0.3, 0.4) is 0 Å². The molecule has 152 valence electrons. The number of nitrogens with one attached hydrogen (secondary N) is 2. The highest BCUT2D eigenvalue weighted by atomic mass is 16.5. The van der Waals surface area contributed by atoms with Crippen LogP contribution in [0, 0.1) is 5.92 Å². The number of carbonyl (C=O) groups excluding carboxylic acids is 1. The number of rotatable bonds is 6. The van der Waals surface area contributed by atoms with Crippen molar-refractivity contribution < 1.29 is 13.9 Å². The largest absolute Gasteiger partial charge is 0.497 e. The van der Waals surface area contributed by atoms with Crippen molar-refractivity contribution in [1.82, 2.24) is 15.1 Å². The van der Waals surface area contributed by atoms with Gasteiger partial charge in [-0.25, -0.2) is 4.79 Å². The van der Waals surface area contributed by atoms with Crippen LogP contribution in [-0.2, 0) is 7.05 Å². The summed E-state index contributed by atoms with van der Waals surface area (Å²) in [5.41, 5.74) is 1.83. The number of amides is 2. The van der Waals surface area contributed by atoms with Crippen molar-refractivity contribution in [2.75, 3.05) is 37.0 Å². The van der Waals surface area contributed by atoms with Crippen molar-refractivity contribution in [3.63, 3.8) is 0 Å². The summed E-state index contributed by atoms with van der Waals surface area (Å²) in [5, 5.41) is 10.2. The lowest BCUT2D eigenvalue weighted by molar-refractivity contribution is 0.250. The molecule has 2 N–H and O–H groups in total. The Labute approximate surface area is 169 Å². The van der Waals surface area contributed by atoms with Gasteiger partial charge in [-0.1, -0.05) is 6.07 Å². The summed E-state index contributed by atoms with van der Waals surface area (Å²) in [6, 6.07) is 13.3. The number of urea groups is 1. The molecular formula is C21H25N5O3. The standard InChI is InChI=1S/C21H25N5O3/c1-25-20(12-18(24-25)19-7-4-10-29-19)23-21(27)22-13-15-8-9-26(14-15)16-5-3-6-17(11-16)28-2/h3-7,10-12,15H,8-9,13-14H2,1-2H3,(H2,22,23,27)/t15-/m1/s1. The molecule has 2 aromatic heterocycles. The van der Waals surface area contributed by atoms with Crippen molar-refractivity contribution in [2.45, 2.75) is 6.42 Å². The summed E-state index contributed by atoms with van der Waals surface area (Å²) in [6.45, 7) is 2.49. The lowest BCUT2D eigenvalue weighted by atomic mass is 10.1. The fraction of sp³-hybridized carbons (Fsp3) is 0.333. The number of aromatic nitrogens is 2. The Morgan fingerprint density at radius 3 is 3.00 bits per heavy atom. The number of furan rings is 1. The van der Waals surface area contributed by atoms with Crippen LogP contribution < -0.4 is 20.3 Å². The molecule has 8 heteroatoms. The fourth-order valence-electron chi connectivity index (χ4n) is 3.57. The van der Waals surface area contributed by atoms with Gasteiger partial charge in [0.1, 0.15) is 17.3 Å². The number of nitrogens with zero attached hydrogens (tertiary/aromatic N) is 3. The van der Waals surface area contributed by atoms with Crippen LogP contribution in [0.2, 0.25) is 0 Å². The highest BCUT2D eigenvalue weighted by molar-refractivity contribution is 5.88. The van der Waals surface area contributed by atoms with Gasteiger partial charge in [-0.05, 0) is 36.6 Å². The number of ether oxygens (including phenoxy) is 1. The summed E-state index contributed by atoms with van der Waals surface area (Å²) in [5.74, 6) is 2.53. The van der Waals surface area contributed by atoms with E-state index in [9.17, 15) is 4.79 Å². The van der Waals surface area contributed by atoms with Gasteiger partial charge >= 0.3 is 6.03 Å². The quantitative estimate of drug-likeness (QED) is 0.669. The minimum atomic E-state index is -0.237. The summed E-state index contributed by atoms with van der Waals surface area (Å²) in [4.78, 5) is 14.7. The first-order valence-corrected chi connectivity index (χ1v) is 9.64. The molecule has 3 aromatic rings. The van der Waals surface area contributed by atoms with Crippen LogP contribution in [0.5, 0.6) is 5.75 Å². The number of hydrogen-bond acceptors (Lipinski definition) is 5. The van der Waals surface area contributed by atoms with Crippen molar-refractivity contribution in [3.8, 4) is 17.2 Å². The molecule has 0 spiro atoms. The third-order valence-electron chi connectivity index (χ3n) is 5.15. The first-order chi connectivity index (χ1) is 14.1. The Morgan fingerprint density at radius 2 is 2.21 bits per heavy atom. The van der Waals surface area contributed by atoms with Crippen LogP contribution in [0.25, 0.3) is 11.5 Å². The van der Waals surface area contributed by atoms with Gasteiger partial charge in [-0.15, -0.1) is 0 Å². The van der Waals surface area contributed by atoms with Gasteiger partial charge in [0, 0.05) is 44.5 Å². The maximum atomic E-state index is 12.3. The van der Waals surface area contributed by atoms with E-state index in [4.69, 9.17) is 9.15 Å². The molecule has 1 aromatic carbocycles. The molecule has 29 heavy (non-hydrogen) atoms. The van der Waals surface area contributed by atoms with Crippen LogP contribution >= 0.6 is 0 Å².